The number of aromatic nitrogens is 4. The molecule has 4 aromatic rings. The molecule has 0 bridgehead atoms. The minimum Gasteiger partial charge on any atom is -0.282 e. The minimum absolute atomic E-state index is 0.0866. The molecule has 0 fully saturated rings. The summed E-state index contributed by atoms with van der Waals surface area (Å²) in [7, 11) is -9.05. The van der Waals surface area contributed by atoms with E-state index in [1.165, 1.54) is 42.7 Å². The third-order valence-corrected chi connectivity index (χ3v) is 6.38. The van der Waals surface area contributed by atoms with Gasteiger partial charge in [-0.15, -0.1) is 5.10 Å². The smallest absolute Gasteiger partial charge is 0.282 e. The standard InChI is InChI=1S/C20H14N4O6S2/c25-31(26,27)18-6-2-1-4-14(18)13-8-9-16(21-10-13)15-5-3-7-19(32(28,29)30)20(15)17-11-23-24-12-22-17/h1-12H,(H,25,26,27)(H,28,29,30). The van der Waals surface area contributed by atoms with E-state index in [1.54, 1.807) is 24.3 Å². The van der Waals surface area contributed by atoms with E-state index in [9.17, 15) is 25.9 Å². The average molecular weight is 470 g/mol. The molecule has 0 saturated carbocycles. The Bertz CT molecular complexity index is 1510. The van der Waals surface area contributed by atoms with Crippen LogP contribution in [0.1, 0.15) is 0 Å². The summed E-state index contributed by atoms with van der Waals surface area (Å²) in [5, 5.41) is 7.30. The first kappa shape index (κ1) is 21.6. The van der Waals surface area contributed by atoms with Crippen LogP contribution in [-0.2, 0) is 20.2 Å². The van der Waals surface area contributed by atoms with Crippen molar-refractivity contribution >= 4 is 20.2 Å². The van der Waals surface area contributed by atoms with Crippen LogP contribution in [0.25, 0.3) is 33.6 Å². The highest BCUT2D eigenvalue weighted by molar-refractivity contribution is 7.86. The molecule has 0 atom stereocenters. The molecule has 2 aromatic carbocycles. The van der Waals surface area contributed by atoms with E-state index in [0.29, 0.717) is 16.8 Å². The minimum atomic E-state index is -4.60. The fourth-order valence-corrected chi connectivity index (χ4v) is 4.67. The molecule has 0 aliphatic heterocycles. The van der Waals surface area contributed by atoms with Gasteiger partial charge in [-0.3, -0.25) is 14.1 Å². The maximum absolute atomic E-state index is 12.0. The van der Waals surface area contributed by atoms with Gasteiger partial charge in [0.2, 0.25) is 0 Å². The van der Waals surface area contributed by atoms with Gasteiger partial charge in [0.05, 0.1) is 17.6 Å². The number of nitrogens with zero attached hydrogens (tertiary/aromatic N) is 4. The van der Waals surface area contributed by atoms with Crippen molar-refractivity contribution in [3.8, 4) is 33.6 Å². The topological polar surface area (TPSA) is 160 Å². The van der Waals surface area contributed by atoms with Gasteiger partial charge in [0.1, 0.15) is 16.1 Å². The first-order valence-electron chi connectivity index (χ1n) is 8.93. The fourth-order valence-electron chi connectivity index (χ4n) is 3.23. The summed E-state index contributed by atoms with van der Waals surface area (Å²) < 4.78 is 66.5. The summed E-state index contributed by atoms with van der Waals surface area (Å²) in [6.45, 7) is 0. The highest BCUT2D eigenvalue weighted by Gasteiger charge is 2.23. The van der Waals surface area contributed by atoms with Crippen molar-refractivity contribution in [3.63, 3.8) is 0 Å². The molecule has 10 nitrogen and oxygen atoms in total. The molecule has 0 radical (unpaired) electrons. The van der Waals surface area contributed by atoms with Gasteiger partial charge in [0.15, 0.2) is 0 Å². The highest BCUT2D eigenvalue weighted by Crippen LogP contribution is 2.36. The molecule has 0 spiro atoms. The largest absolute Gasteiger partial charge is 0.295 e. The van der Waals surface area contributed by atoms with Gasteiger partial charge in [-0.2, -0.15) is 21.9 Å². The zero-order valence-electron chi connectivity index (χ0n) is 16.1. The van der Waals surface area contributed by atoms with Crippen molar-refractivity contribution in [2.45, 2.75) is 9.79 Å². The van der Waals surface area contributed by atoms with Gasteiger partial charge >= 0.3 is 0 Å². The van der Waals surface area contributed by atoms with Crippen LogP contribution >= 0.6 is 0 Å². The Labute approximate surface area is 183 Å². The van der Waals surface area contributed by atoms with Crippen molar-refractivity contribution in [2.24, 2.45) is 0 Å². The van der Waals surface area contributed by atoms with Gasteiger partial charge in [0.25, 0.3) is 20.2 Å². The van der Waals surface area contributed by atoms with Crippen LogP contribution < -0.4 is 0 Å². The molecule has 32 heavy (non-hydrogen) atoms. The molecule has 0 aliphatic rings. The van der Waals surface area contributed by atoms with E-state index in [4.69, 9.17) is 0 Å². The van der Waals surface area contributed by atoms with Crippen molar-refractivity contribution in [1.29, 1.82) is 0 Å². The lowest BCUT2D eigenvalue weighted by atomic mass is 10.00. The summed E-state index contributed by atoms with van der Waals surface area (Å²) >= 11 is 0. The number of benzene rings is 2. The van der Waals surface area contributed by atoms with E-state index >= 15 is 0 Å². The summed E-state index contributed by atoms with van der Waals surface area (Å²) in [5.41, 5.74) is 1.58. The monoisotopic (exact) mass is 470 g/mol. The Balaban J connectivity index is 1.89. The first-order valence-corrected chi connectivity index (χ1v) is 11.8. The van der Waals surface area contributed by atoms with E-state index in [1.807, 2.05) is 0 Å². The lowest BCUT2D eigenvalue weighted by Crippen LogP contribution is -2.04. The van der Waals surface area contributed by atoms with Gasteiger partial charge in [-0.25, -0.2) is 4.98 Å². The molecule has 0 amide bonds. The van der Waals surface area contributed by atoms with Gasteiger partial charge in [0, 0.05) is 28.5 Å². The summed E-state index contributed by atoms with van der Waals surface area (Å²) in [4.78, 5) is 7.74. The van der Waals surface area contributed by atoms with Crippen molar-refractivity contribution < 1.29 is 25.9 Å². The zero-order chi connectivity index (χ0) is 22.9. The lowest BCUT2D eigenvalue weighted by molar-refractivity contribution is 0.481. The molecule has 2 aromatic heterocycles. The molecule has 0 unspecified atom stereocenters. The summed E-state index contributed by atoms with van der Waals surface area (Å²) in [5.74, 6) is 0. The number of rotatable bonds is 5. The van der Waals surface area contributed by atoms with Crippen LogP contribution in [0.2, 0.25) is 0 Å². The Kier molecular flexibility index (Phi) is 5.52. The fraction of sp³-hybridized carbons (Fsp3) is 0. The Morgan fingerprint density at radius 3 is 1.94 bits per heavy atom. The lowest BCUT2D eigenvalue weighted by Gasteiger charge is -2.13. The first-order chi connectivity index (χ1) is 15.2. The van der Waals surface area contributed by atoms with Crippen LogP contribution in [0.3, 0.4) is 0 Å². The number of hydrogen-bond acceptors (Lipinski definition) is 8. The average Bonchev–Trinajstić information content (AvgIpc) is 2.78. The summed E-state index contributed by atoms with van der Waals surface area (Å²) in [6, 6.07) is 13.3. The molecule has 12 heteroatoms. The third kappa shape index (κ3) is 4.24. The molecule has 0 saturated heterocycles. The predicted molar refractivity (Wildman–Crippen MR) is 114 cm³/mol. The van der Waals surface area contributed by atoms with E-state index in [2.05, 4.69) is 20.2 Å². The van der Waals surface area contributed by atoms with Crippen LogP contribution in [0.4, 0.5) is 0 Å². The maximum Gasteiger partial charge on any atom is 0.295 e. The molecular weight excluding hydrogens is 456 g/mol. The zero-order valence-corrected chi connectivity index (χ0v) is 17.7. The molecular formula is C20H14N4O6S2. The van der Waals surface area contributed by atoms with Crippen LogP contribution in [-0.4, -0.2) is 46.1 Å². The van der Waals surface area contributed by atoms with Gasteiger partial charge in [-0.05, 0) is 18.2 Å². The normalized spacial score (nSPS) is 11.9. The van der Waals surface area contributed by atoms with Crippen LogP contribution in [0, 0.1) is 0 Å². The molecule has 2 N–H and O–H groups in total. The highest BCUT2D eigenvalue weighted by atomic mass is 32.2. The van der Waals surface area contributed by atoms with Crippen LogP contribution in [0.15, 0.2) is 83.1 Å². The third-order valence-electron chi connectivity index (χ3n) is 4.57. The second kappa shape index (κ2) is 8.16. The quantitative estimate of drug-likeness (QED) is 0.415. The second-order valence-corrected chi connectivity index (χ2v) is 9.33. The molecule has 162 valence electrons. The second-order valence-electron chi connectivity index (χ2n) is 6.55. The maximum atomic E-state index is 12.0. The summed E-state index contributed by atoms with van der Waals surface area (Å²) in [6.07, 6.45) is 3.79. The molecule has 4 rings (SSSR count). The van der Waals surface area contributed by atoms with Gasteiger partial charge < -0.3 is 0 Å². The Hall–Kier alpha value is -3.58. The SMILES string of the molecule is O=S(=O)(O)c1ccccc1-c1ccc(-c2cccc(S(=O)(=O)O)c2-c2cnncn2)nc1. The predicted octanol–water partition coefficient (Wildman–Crippen LogP) is 2.76. The van der Waals surface area contributed by atoms with E-state index in [-0.39, 0.29) is 26.6 Å². The number of hydrogen-bond donors (Lipinski definition) is 2. The van der Waals surface area contributed by atoms with E-state index < -0.39 is 20.2 Å². The van der Waals surface area contributed by atoms with Crippen molar-refractivity contribution in [3.05, 3.63) is 73.3 Å². The molecule has 2 heterocycles. The van der Waals surface area contributed by atoms with E-state index in [0.717, 1.165) is 6.33 Å². The van der Waals surface area contributed by atoms with Crippen LogP contribution in [0.5, 0.6) is 0 Å². The Morgan fingerprint density at radius 1 is 0.625 bits per heavy atom. The Morgan fingerprint density at radius 2 is 1.31 bits per heavy atom. The van der Waals surface area contributed by atoms with Crippen molar-refractivity contribution in [1.82, 2.24) is 20.2 Å². The van der Waals surface area contributed by atoms with Gasteiger partial charge in [-0.1, -0.05) is 36.4 Å². The molecule has 0 aliphatic carbocycles. The number of pyridine rings is 1. The van der Waals surface area contributed by atoms with Crippen molar-refractivity contribution in [2.75, 3.05) is 0 Å².